The second-order valence-corrected chi connectivity index (χ2v) is 11.3. The van der Waals surface area contributed by atoms with Gasteiger partial charge in [0.25, 0.3) is 0 Å². The van der Waals surface area contributed by atoms with E-state index >= 15 is 0 Å². The van der Waals surface area contributed by atoms with E-state index in [1.54, 1.807) is 6.92 Å². The topological polar surface area (TPSA) is 61.8 Å². The van der Waals surface area contributed by atoms with Crippen LogP contribution in [-0.4, -0.2) is 40.9 Å². The van der Waals surface area contributed by atoms with Crippen molar-refractivity contribution in [3.63, 3.8) is 0 Å². The van der Waals surface area contributed by atoms with E-state index in [9.17, 15) is 9.59 Å². The van der Waals surface area contributed by atoms with Crippen LogP contribution in [-0.2, 0) is 23.5 Å². The highest BCUT2D eigenvalue weighted by atomic mass is 28.4. The quantitative estimate of drug-likeness (QED) is 0.238. The average Bonchev–Trinajstić information content (AvgIpc) is 2.39. The van der Waals surface area contributed by atoms with E-state index in [1.165, 1.54) is 20.3 Å². The van der Waals surface area contributed by atoms with Crippen LogP contribution in [0.4, 0.5) is 0 Å². The summed E-state index contributed by atoms with van der Waals surface area (Å²) in [4.78, 5) is 22.8. The molecule has 122 valence electrons. The van der Waals surface area contributed by atoms with Gasteiger partial charge >= 0.3 is 5.97 Å². The van der Waals surface area contributed by atoms with Gasteiger partial charge in [-0.2, -0.15) is 0 Å². The Morgan fingerprint density at radius 2 is 1.67 bits per heavy atom. The smallest absolute Gasteiger partial charge is 0.333 e. The second kappa shape index (κ2) is 7.75. The molecule has 0 saturated carbocycles. The van der Waals surface area contributed by atoms with Crippen molar-refractivity contribution < 1.29 is 23.5 Å². The van der Waals surface area contributed by atoms with Gasteiger partial charge in [-0.1, -0.05) is 27.7 Å². The van der Waals surface area contributed by atoms with E-state index in [0.717, 1.165) is 6.29 Å². The molecule has 0 aromatic carbocycles. The maximum Gasteiger partial charge on any atom is 0.333 e. The SMILES string of the molecule is COC(=O)/C=C(\OC)[C@H](C)[C@H](C=O)O[Si](C)(C)C(C)(C)C. The van der Waals surface area contributed by atoms with E-state index in [0.29, 0.717) is 5.76 Å². The minimum atomic E-state index is -2.09. The molecule has 21 heavy (non-hydrogen) atoms. The fourth-order valence-electron chi connectivity index (χ4n) is 1.48. The molecule has 0 aliphatic rings. The number of carbonyl (C=O) groups excluding carboxylic acids is 2. The average molecular weight is 316 g/mol. The van der Waals surface area contributed by atoms with Gasteiger partial charge in [-0.05, 0) is 18.1 Å². The Balaban J connectivity index is 5.23. The largest absolute Gasteiger partial charge is 0.500 e. The molecule has 0 fully saturated rings. The molecule has 0 spiro atoms. The van der Waals surface area contributed by atoms with Gasteiger partial charge in [0.1, 0.15) is 18.1 Å². The van der Waals surface area contributed by atoms with Crippen molar-refractivity contribution in [2.75, 3.05) is 14.2 Å². The van der Waals surface area contributed by atoms with Crippen LogP contribution in [0.3, 0.4) is 0 Å². The van der Waals surface area contributed by atoms with Crippen molar-refractivity contribution in [3.8, 4) is 0 Å². The molecule has 0 unspecified atom stereocenters. The van der Waals surface area contributed by atoms with E-state index in [4.69, 9.17) is 9.16 Å². The fourth-order valence-corrected chi connectivity index (χ4v) is 2.77. The second-order valence-electron chi connectivity index (χ2n) is 6.54. The lowest BCUT2D eigenvalue weighted by atomic mass is 10.0. The Morgan fingerprint density at radius 1 is 1.14 bits per heavy atom. The zero-order chi connectivity index (χ0) is 16.8. The van der Waals surface area contributed by atoms with Crippen LogP contribution in [0.25, 0.3) is 0 Å². The van der Waals surface area contributed by atoms with Crippen molar-refractivity contribution in [2.24, 2.45) is 5.92 Å². The number of methoxy groups -OCH3 is 2. The number of esters is 1. The fraction of sp³-hybridized carbons (Fsp3) is 0.733. The van der Waals surface area contributed by atoms with Crippen molar-refractivity contribution in [2.45, 2.75) is 51.9 Å². The molecule has 0 amide bonds. The normalized spacial score (nSPS) is 16.1. The van der Waals surface area contributed by atoms with E-state index in [-0.39, 0.29) is 11.0 Å². The third-order valence-corrected chi connectivity index (χ3v) is 8.48. The first kappa shape index (κ1) is 19.9. The Kier molecular flexibility index (Phi) is 7.33. The lowest BCUT2D eigenvalue weighted by molar-refractivity contribution is -0.135. The van der Waals surface area contributed by atoms with Gasteiger partial charge in [-0.3, -0.25) is 0 Å². The van der Waals surface area contributed by atoms with Gasteiger partial charge in [0, 0.05) is 5.92 Å². The first-order valence-electron chi connectivity index (χ1n) is 6.96. The molecule has 6 heteroatoms. The van der Waals surface area contributed by atoms with E-state index < -0.39 is 20.4 Å². The Hall–Kier alpha value is -1.14. The van der Waals surface area contributed by atoms with Gasteiger partial charge in [-0.15, -0.1) is 0 Å². The van der Waals surface area contributed by atoms with Crippen molar-refractivity contribution in [1.29, 1.82) is 0 Å². The molecule has 0 aromatic rings. The number of aldehydes is 1. The predicted molar refractivity (Wildman–Crippen MR) is 84.4 cm³/mol. The summed E-state index contributed by atoms with van der Waals surface area (Å²) in [6, 6.07) is 0. The summed E-state index contributed by atoms with van der Waals surface area (Å²) in [6.07, 6.45) is 1.37. The zero-order valence-electron chi connectivity index (χ0n) is 14.4. The van der Waals surface area contributed by atoms with Gasteiger partial charge in [-0.25, -0.2) is 4.79 Å². The van der Waals surface area contributed by atoms with Crippen LogP contribution in [0, 0.1) is 5.92 Å². The maximum atomic E-state index is 11.4. The summed E-state index contributed by atoms with van der Waals surface area (Å²) in [5, 5.41) is -0.00667. The van der Waals surface area contributed by atoms with Crippen LogP contribution >= 0.6 is 0 Å². The van der Waals surface area contributed by atoms with Crippen LogP contribution in [0.1, 0.15) is 27.7 Å². The van der Waals surface area contributed by atoms with E-state index in [2.05, 4.69) is 38.6 Å². The maximum absolute atomic E-state index is 11.4. The molecule has 0 N–H and O–H groups in total. The zero-order valence-corrected chi connectivity index (χ0v) is 15.4. The summed E-state index contributed by atoms with van der Waals surface area (Å²) in [6.45, 7) is 12.3. The van der Waals surface area contributed by atoms with Gasteiger partial charge in [0.05, 0.1) is 20.3 Å². The Bertz CT molecular complexity index is 395. The van der Waals surface area contributed by atoms with Crippen molar-refractivity contribution in [1.82, 2.24) is 0 Å². The van der Waals surface area contributed by atoms with Crippen LogP contribution in [0.15, 0.2) is 11.8 Å². The van der Waals surface area contributed by atoms with Crippen LogP contribution < -0.4 is 0 Å². The van der Waals surface area contributed by atoms with E-state index in [1.807, 2.05) is 0 Å². The molecule has 0 aromatic heterocycles. The highest BCUT2D eigenvalue weighted by molar-refractivity contribution is 6.74. The molecular weight excluding hydrogens is 288 g/mol. The number of hydrogen-bond acceptors (Lipinski definition) is 5. The summed E-state index contributed by atoms with van der Waals surface area (Å²) >= 11 is 0. The molecule has 0 saturated heterocycles. The van der Waals surface area contributed by atoms with Gasteiger partial charge in [0.15, 0.2) is 8.32 Å². The van der Waals surface area contributed by atoms with Gasteiger partial charge < -0.3 is 18.7 Å². The highest BCUT2D eigenvalue weighted by Crippen LogP contribution is 2.38. The third kappa shape index (κ3) is 5.63. The summed E-state index contributed by atoms with van der Waals surface area (Å²) in [5.41, 5.74) is 0. The first-order valence-corrected chi connectivity index (χ1v) is 9.87. The lowest BCUT2D eigenvalue weighted by Gasteiger charge is -2.39. The standard InChI is InChI=1S/C15H28O5Si/c1-11(12(18-5)9-14(17)19-6)13(10-16)20-21(7,8)15(2,3)4/h9-11,13H,1-8H3/b12-9-/t11-,13-/m0/s1. The lowest BCUT2D eigenvalue weighted by Crippen LogP contribution is -2.46. The third-order valence-electron chi connectivity index (χ3n) is 4.01. The van der Waals surface area contributed by atoms with Gasteiger partial charge in [0.2, 0.25) is 0 Å². The molecule has 5 nitrogen and oxygen atoms in total. The predicted octanol–water partition coefficient (Wildman–Crippen LogP) is 2.92. The van der Waals surface area contributed by atoms with Crippen molar-refractivity contribution >= 4 is 20.6 Å². The first-order chi connectivity index (χ1) is 9.50. The summed E-state index contributed by atoms with van der Waals surface area (Å²) < 4.78 is 15.9. The monoisotopic (exact) mass is 316 g/mol. The molecule has 0 aliphatic heterocycles. The molecule has 0 aliphatic carbocycles. The molecule has 0 heterocycles. The van der Waals surface area contributed by atoms with Crippen molar-refractivity contribution in [3.05, 3.63) is 11.8 Å². The molecule has 0 radical (unpaired) electrons. The van der Waals surface area contributed by atoms with Crippen LogP contribution in [0.2, 0.25) is 18.1 Å². The Labute approximate surface area is 128 Å². The highest BCUT2D eigenvalue weighted by Gasteiger charge is 2.40. The number of rotatable bonds is 7. The molecule has 2 atom stereocenters. The Morgan fingerprint density at radius 3 is 2.00 bits per heavy atom. The number of hydrogen-bond donors (Lipinski definition) is 0. The van der Waals surface area contributed by atoms with Crippen LogP contribution in [0.5, 0.6) is 0 Å². The minimum absolute atomic E-state index is 0.00667. The molecule has 0 rings (SSSR count). The molecular formula is C15H28O5Si. The molecule has 0 bridgehead atoms. The number of ether oxygens (including phenoxy) is 2. The summed E-state index contributed by atoms with van der Waals surface area (Å²) in [7, 11) is 0.661. The minimum Gasteiger partial charge on any atom is -0.500 e. The summed E-state index contributed by atoms with van der Waals surface area (Å²) in [5.74, 6) is -0.506. The number of carbonyl (C=O) groups is 2.